The zero-order chi connectivity index (χ0) is 15.7. The second-order valence-electron chi connectivity index (χ2n) is 5.51. The maximum absolute atomic E-state index is 11.6. The molecule has 0 radical (unpaired) electrons. The SMILES string of the molecule is [3H]CC(=O)Nc1nc2ccccc2c2c1ncn2CC(C)C. The van der Waals surface area contributed by atoms with Crippen LogP contribution in [-0.2, 0) is 11.3 Å². The summed E-state index contributed by atoms with van der Waals surface area (Å²) in [5.41, 5.74) is 2.45. The Balaban J connectivity index is 2.27. The molecule has 0 atom stereocenters. The van der Waals surface area contributed by atoms with E-state index in [4.69, 9.17) is 1.37 Å². The van der Waals surface area contributed by atoms with Gasteiger partial charge in [-0.3, -0.25) is 4.79 Å². The highest BCUT2D eigenvalue weighted by Gasteiger charge is 2.15. The summed E-state index contributed by atoms with van der Waals surface area (Å²) in [5, 5.41) is 3.69. The van der Waals surface area contributed by atoms with Crippen molar-refractivity contribution in [3.05, 3.63) is 30.6 Å². The fourth-order valence-corrected chi connectivity index (χ4v) is 2.53. The smallest absolute Gasteiger partial charge is 0.222 e. The highest BCUT2D eigenvalue weighted by atomic mass is 16.1. The molecule has 0 aliphatic rings. The molecule has 3 rings (SSSR count). The fourth-order valence-electron chi connectivity index (χ4n) is 2.53. The Hall–Kier alpha value is -2.43. The van der Waals surface area contributed by atoms with Crippen molar-refractivity contribution < 1.29 is 6.17 Å². The van der Waals surface area contributed by atoms with Gasteiger partial charge in [-0.25, -0.2) is 9.97 Å². The van der Waals surface area contributed by atoms with E-state index in [0.29, 0.717) is 17.3 Å². The van der Waals surface area contributed by atoms with E-state index in [1.54, 1.807) is 6.33 Å². The summed E-state index contributed by atoms with van der Waals surface area (Å²) >= 11 is 0. The Kier molecular flexibility index (Phi) is 3.03. The number of fused-ring (bicyclic) bond motifs is 3. The molecule has 0 spiro atoms. The molecule has 0 aliphatic carbocycles. The van der Waals surface area contributed by atoms with Gasteiger partial charge in [-0.15, -0.1) is 0 Å². The Bertz CT molecular complexity index is 841. The van der Waals surface area contributed by atoms with E-state index in [2.05, 4.69) is 33.7 Å². The van der Waals surface area contributed by atoms with E-state index >= 15 is 0 Å². The number of pyridine rings is 1. The highest BCUT2D eigenvalue weighted by Crippen LogP contribution is 2.28. The molecule has 21 heavy (non-hydrogen) atoms. The van der Waals surface area contributed by atoms with Crippen molar-refractivity contribution in [1.29, 1.82) is 0 Å². The normalized spacial score (nSPS) is 12.0. The number of nitrogens with zero attached hydrogens (tertiary/aromatic N) is 3. The van der Waals surface area contributed by atoms with Crippen LogP contribution in [0.2, 0.25) is 0 Å². The molecule has 3 aromatic rings. The van der Waals surface area contributed by atoms with Crippen molar-refractivity contribution >= 4 is 33.7 Å². The molecule has 0 saturated heterocycles. The first kappa shape index (κ1) is 12.3. The Morgan fingerprint density at radius 2 is 2.24 bits per heavy atom. The van der Waals surface area contributed by atoms with Crippen LogP contribution in [0, 0.1) is 5.92 Å². The molecule has 5 heteroatoms. The second-order valence-corrected chi connectivity index (χ2v) is 5.51. The van der Waals surface area contributed by atoms with E-state index in [9.17, 15) is 4.79 Å². The predicted octanol–water partition coefficient (Wildman–Crippen LogP) is 3.20. The third-order valence-corrected chi connectivity index (χ3v) is 3.27. The lowest BCUT2D eigenvalue weighted by Gasteiger charge is -2.10. The number of amides is 1. The van der Waals surface area contributed by atoms with Gasteiger partial charge in [-0.2, -0.15) is 0 Å². The third kappa shape index (κ3) is 2.46. The topological polar surface area (TPSA) is 59.8 Å². The molecular weight excluding hydrogens is 264 g/mol. The molecule has 1 amide bonds. The predicted molar refractivity (Wildman–Crippen MR) is 84.2 cm³/mol. The lowest BCUT2D eigenvalue weighted by molar-refractivity contribution is -0.114. The zero-order valence-electron chi connectivity index (χ0n) is 13.1. The molecule has 2 heterocycles. The number of carbonyl (C=O) groups excluding carboxylic acids is 1. The molecule has 108 valence electrons. The summed E-state index contributed by atoms with van der Waals surface area (Å²) in [6.45, 7) is 4.81. The van der Waals surface area contributed by atoms with E-state index in [0.717, 1.165) is 23.0 Å². The van der Waals surface area contributed by atoms with Crippen molar-refractivity contribution in [2.45, 2.75) is 27.3 Å². The summed E-state index contributed by atoms with van der Waals surface area (Å²) < 4.78 is 9.26. The first-order valence-corrected chi connectivity index (χ1v) is 6.93. The zero-order valence-corrected chi connectivity index (χ0v) is 12.1. The molecule has 0 aliphatic heterocycles. The number of carbonyl (C=O) groups is 1. The summed E-state index contributed by atoms with van der Waals surface area (Å²) in [7, 11) is 0. The molecule has 1 N–H and O–H groups in total. The van der Waals surface area contributed by atoms with E-state index < -0.39 is 0 Å². The van der Waals surface area contributed by atoms with Crippen LogP contribution in [0.4, 0.5) is 5.82 Å². The Morgan fingerprint density at radius 1 is 1.43 bits per heavy atom. The van der Waals surface area contributed by atoms with Crippen molar-refractivity contribution in [3.8, 4) is 0 Å². The van der Waals surface area contributed by atoms with Gasteiger partial charge < -0.3 is 9.88 Å². The molecular formula is C16H18N4O. The highest BCUT2D eigenvalue weighted by molar-refractivity contribution is 6.09. The lowest BCUT2D eigenvalue weighted by atomic mass is 10.1. The van der Waals surface area contributed by atoms with Gasteiger partial charge in [-0.1, -0.05) is 32.0 Å². The lowest BCUT2D eigenvalue weighted by Crippen LogP contribution is -2.09. The van der Waals surface area contributed by atoms with Crippen LogP contribution in [0.5, 0.6) is 0 Å². The van der Waals surface area contributed by atoms with Gasteiger partial charge in [0.15, 0.2) is 5.82 Å². The molecule has 0 bridgehead atoms. The number of para-hydroxylation sites is 1. The quantitative estimate of drug-likeness (QED) is 0.803. The van der Waals surface area contributed by atoms with E-state index in [1.807, 2.05) is 24.3 Å². The summed E-state index contributed by atoms with van der Waals surface area (Å²) in [6.07, 6.45) is 1.79. The van der Waals surface area contributed by atoms with E-state index in [-0.39, 0.29) is 12.8 Å². The third-order valence-electron chi connectivity index (χ3n) is 3.27. The van der Waals surface area contributed by atoms with Crippen LogP contribution in [-0.4, -0.2) is 20.4 Å². The van der Waals surface area contributed by atoms with Crippen LogP contribution < -0.4 is 5.32 Å². The average Bonchev–Trinajstić information content (AvgIpc) is 2.91. The van der Waals surface area contributed by atoms with Gasteiger partial charge in [0.1, 0.15) is 5.52 Å². The monoisotopic (exact) mass is 284 g/mol. The standard InChI is InChI=1S/C16H18N4O/c1-10(2)8-20-9-17-14-15(20)12-6-4-5-7-13(12)19-16(14)18-11(3)21/h4-7,9-10H,8H2,1-3H3,(H,18,19,21)/i3T. The number of rotatable bonds is 3. The molecule has 0 fully saturated rings. The summed E-state index contributed by atoms with van der Waals surface area (Å²) in [4.78, 5) is 20.5. The Morgan fingerprint density at radius 3 is 3.00 bits per heavy atom. The van der Waals surface area contributed by atoms with Crippen LogP contribution in [0.25, 0.3) is 21.9 Å². The van der Waals surface area contributed by atoms with Gasteiger partial charge in [0.2, 0.25) is 5.91 Å². The summed E-state index contributed by atoms with van der Waals surface area (Å²) in [5.74, 6) is 0.520. The molecule has 0 unspecified atom stereocenters. The minimum absolute atomic E-state index is 0.331. The van der Waals surface area contributed by atoms with Crippen molar-refractivity contribution in [2.24, 2.45) is 5.92 Å². The Labute approximate surface area is 124 Å². The summed E-state index contributed by atoms with van der Waals surface area (Å²) in [6, 6.07) is 7.82. The van der Waals surface area contributed by atoms with Crippen LogP contribution in [0.1, 0.15) is 22.1 Å². The van der Waals surface area contributed by atoms with Gasteiger partial charge in [0.25, 0.3) is 0 Å². The van der Waals surface area contributed by atoms with Crippen molar-refractivity contribution in [2.75, 3.05) is 5.32 Å². The number of aromatic nitrogens is 3. The van der Waals surface area contributed by atoms with Gasteiger partial charge in [-0.05, 0) is 12.0 Å². The number of hydrogen-bond donors (Lipinski definition) is 1. The van der Waals surface area contributed by atoms with Crippen LogP contribution in [0.15, 0.2) is 30.6 Å². The molecule has 2 aromatic heterocycles. The minimum atomic E-state index is -0.387. The molecule has 1 aromatic carbocycles. The van der Waals surface area contributed by atoms with Gasteiger partial charge in [0.05, 0.1) is 17.4 Å². The van der Waals surface area contributed by atoms with Gasteiger partial charge >= 0.3 is 0 Å². The second kappa shape index (κ2) is 5.16. The molecule has 5 nitrogen and oxygen atoms in total. The number of hydrogen-bond acceptors (Lipinski definition) is 3. The first-order valence-electron chi connectivity index (χ1n) is 7.63. The fraction of sp³-hybridized carbons (Fsp3) is 0.312. The van der Waals surface area contributed by atoms with Crippen LogP contribution >= 0.6 is 0 Å². The average molecular weight is 284 g/mol. The maximum Gasteiger partial charge on any atom is 0.222 e. The van der Waals surface area contributed by atoms with Gasteiger partial charge in [0, 0.05) is 20.2 Å². The maximum atomic E-state index is 11.6. The number of imidazole rings is 1. The van der Waals surface area contributed by atoms with Crippen LogP contribution in [0.3, 0.4) is 0 Å². The largest absolute Gasteiger partial charge is 0.330 e. The first-order chi connectivity index (χ1) is 10.6. The number of nitrogens with one attached hydrogen (secondary N) is 1. The van der Waals surface area contributed by atoms with E-state index in [1.165, 1.54) is 0 Å². The van der Waals surface area contributed by atoms with Crippen molar-refractivity contribution in [1.82, 2.24) is 14.5 Å². The van der Waals surface area contributed by atoms with Crippen molar-refractivity contribution in [3.63, 3.8) is 0 Å². The number of anilines is 1. The minimum Gasteiger partial charge on any atom is -0.330 e. The molecule has 0 saturated carbocycles. The number of benzene rings is 1.